The second-order valence-electron chi connectivity index (χ2n) is 7.26. The fraction of sp³-hybridized carbons (Fsp3) is 0.381. The number of hydrogen-bond acceptors (Lipinski definition) is 3. The second-order valence-corrected chi connectivity index (χ2v) is 7.26. The molecule has 2 fully saturated rings. The third-order valence-electron chi connectivity index (χ3n) is 5.66. The minimum Gasteiger partial charge on any atom is -0.336 e. The van der Waals surface area contributed by atoms with Gasteiger partial charge in [0.05, 0.1) is 11.8 Å². The van der Waals surface area contributed by atoms with Gasteiger partial charge in [-0.2, -0.15) is 0 Å². The lowest BCUT2D eigenvalue weighted by atomic mass is 9.84. The van der Waals surface area contributed by atoms with Crippen molar-refractivity contribution >= 4 is 11.8 Å². The number of likely N-dealkylation sites (tertiary alicyclic amines) is 2. The highest BCUT2D eigenvalue weighted by molar-refractivity contribution is 6.00. The molecule has 1 aromatic heterocycles. The van der Waals surface area contributed by atoms with E-state index in [4.69, 9.17) is 0 Å². The maximum Gasteiger partial charge on any atom is 0.257 e. The van der Waals surface area contributed by atoms with Crippen molar-refractivity contribution in [1.82, 2.24) is 14.8 Å². The first-order valence-electron chi connectivity index (χ1n) is 9.37. The quantitative estimate of drug-likeness (QED) is 0.838. The van der Waals surface area contributed by atoms with E-state index in [1.807, 2.05) is 35.2 Å². The molecule has 0 N–H and O–H groups in total. The lowest BCUT2D eigenvalue weighted by Gasteiger charge is -2.44. The SMILES string of the molecule is O=C(c1ccncc1F)N1CCCC12CCCN(Cc1ccccc1)C2=O. The topological polar surface area (TPSA) is 53.5 Å². The molecule has 0 saturated carbocycles. The molecule has 0 radical (unpaired) electrons. The standard InChI is InChI=1S/C21H22FN3O2/c22-18-14-23-11-8-17(18)19(26)25-13-5-10-21(25)9-4-12-24(20(21)27)15-16-6-2-1-3-7-16/h1-3,6-8,11,14H,4-5,9-10,12-13,15H2. The van der Waals surface area contributed by atoms with E-state index >= 15 is 0 Å². The first-order valence-corrected chi connectivity index (χ1v) is 9.37. The van der Waals surface area contributed by atoms with E-state index in [0.29, 0.717) is 32.5 Å². The molecule has 2 amide bonds. The third-order valence-corrected chi connectivity index (χ3v) is 5.66. The average molecular weight is 367 g/mol. The van der Waals surface area contributed by atoms with Crippen molar-refractivity contribution in [3.05, 3.63) is 65.7 Å². The van der Waals surface area contributed by atoms with Crippen molar-refractivity contribution in [3.63, 3.8) is 0 Å². The zero-order chi connectivity index (χ0) is 18.9. The Morgan fingerprint density at radius 1 is 1.11 bits per heavy atom. The van der Waals surface area contributed by atoms with Gasteiger partial charge in [-0.05, 0) is 37.3 Å². The van der Waals surface area contributed by atoms with Gasteiger partial charge in [0, 0.05) is 25.8 Å². The highest BCUT2D eigenvalue weighted by Crippen LogP contribution is 2.39. The highest BCUT2D eigenvalue weighted by atomic mass is 19.1. The Hall–Kier alpha value is -2.76. The minimum atomic E-state index is -0.847. The van der Waals surface area contributed by atoms with Crippen LogP contribution in [0.25, 0.3) is 0 Å². The van der Waals surface area contributed by atoms with Crippen molar-refractivity contribution in [2.45, 2.75) is 37.8 Å². The lowest BCUT2D eigenvalue weighted by molar-refractivity contribution is -0.146. The fourth-order valence-electron chi connectivity index (χ4n) is 4.37. The van der Waals surface area contributed by atoms with Gasteiger partial charge in [-0.15, -0.1) is 0 Å². The van der Waals surface area contributed by atoms with Crippen LogP contribution in [0.2, 0.25) is 0 Å². The summed E-state index contributed by atoms with van der Waals surface area (Å²) in [6.07, 6.45) is 5.31. The molecule has 2 aliphatic heterocycles. The number of nitrogens with zero attached hydrogens (tertiary/aromatic N) is 3. The Balaban J connectivity index is 1.61. The van der Waals surface area contributed by atoms with E-state index in [0.717, 1.165) is 24.6 Å². The van der Waals surface area contributed by atoms with Gasteiger partial charge in [0.25, 0.3) is 5.91 Å². The van der Waals surface area contributed by atoms with Crippen LogP contribution in [0.5, 0.6) is 0 Å². The van der Waals surface area contributed by atoms with Crippen LogP contribution in [-0.4, -0.2) is 45.2 Å². The molecular formula is C21H22FN3O2. The van der Waals surface area contributed by atoms with Gasteiger partial charge in [0.2, 0.25) is 5.91 Å². The van der Waals surface area contributed by atoms with Gasteiger partial charge >= 0.3 is 0 Å². The summed E-state index contributed by atoms with van der Waals surface area (Å²) < 4.78 is 14.1. The van der Waals surface area contributed by atoms with Crippen LogP contribution in [0.15, 0.2) is 48.8 Å². The van der Waals surface area contributed by atoms with Crippen molar-refractivity contribution in [3.8, 4) is 0 Å². The predicted molar refractivity (Wildman–Crippen MR) is 98.3 cm³/mol. The molecule has 1 atom stereocenters. The Morgan fingerprint density at radius 2 is 1.85 bits per heavy atom. The van der Waals surface area contributed by atoms with Crippen LogP contribution >= 0.6 is 0 Å². The van der Waals surface area contributed by atoms with Gasteiger partial charge in [0.15, 0.2) is 5.82 Å². The summed E-state index contributed by atoms with van der Waals surface area (Å²) in [7, 11) is 0. The largest absolute Gasteiger partial charge is 0.336 e. The van der Waals surface area contributed by atoms with Gasteiger partial charge in [0.1, 0.15) is 5.54 Å². The van der Waals surface area contributed by atoms with E-state index in [2.05, 4.69) is 4.98 Å². The van der Waals surface area contributed by atoms with E-state index in [-0.39, 0.29) is 11.5 Å². The molecule has 0 aliphatic carbocycles. The molecule has 2 aromatic rings. The molecule has 0 bridgehead atoms. The van der Waals surface area contributed by atoms with Crippen molar-refractivity contribution in [2.75, 3.05) is 13.1 Å². The van der Waals surface area contributed by atoms with Crippen LogP contribution in [0.4, 0.5) is 4.39 Å². The zero-order valence-corrected chi connectivity index (χ0v) is 15.1. The summed E-state index contributed by atoms with van der Waals surface area (Å²) >= 11 is 0. The number of pyridine rings is 1. The van der Waals surface area contributed by atoms with Gasteiger partial charge in [-0.1, -0.05) is 30.3 Å². The lowest BCUT2D eigenvalue weighted by Crippen LogP contribution is -2.61. The number of carbonyl (C=O) groups excluding carboxylic acids is 2. The van der Waals surface area contributed by atoms with Gasteiger partial charge in [-0.25, -0.2) is 4.39 Å². The number of rotatable bonds is 3. The molecule has 1 spiro atoms. The maximum absolute atomic E-state index is 14.1. The molecule has 3 heterocycles. The smallest absolute Gasteiger partial charge is 0.257 e. The van der Waals surface area contributed by atoms with Crippen LogP contribution in [0.3, 0.4) is 0 Å². The normalized spacial score (nSPS) is 22.5. The maximum atomic E-state index is 14.1. The summed E-state index contributed by atoms with van der Waals surface area (Å²) in [4.78, 5) is 33.6. The Kier molecular flexibility index (Phi) is 4.64. The monoisotopic (exact) mass is 367 g/mol. The Labute approximate surface area is 157 Å². The van der Waals surface area contributed by atoms with Crippen LogP contribution < -0.4 is 0 Å². The van der Waals surface area contributed by atoms with Gasteiger partial charge in [-0.3, -0.25) is 14.6 Å². The highest BCUT2D eigenvalue weighted by Gasteiger charge is 2.53. The summed E-state index contributed by atoms with van der Waals surface area (Å²) in [6, 6.07) is 11.2. The van der Waals surface area contributed by atoms with Crippen LogP contribution in [0, 0.1) is 5.82 Å². The molecule has 1 aromatic carbocycles. The first kappa shape index (κ1) is 17.6. The number of carbonyl (C=O) groups is 2. The van der Waals surface area contributed by atoms with Gasteiger partial charge < -0.3 is 9.80 Å². The van der Waals surface area contributed by atoms with E-state index in [1.54, 1.807) is 4.90 Å². The molecule has 5 nitrogen and oxygen atoms in total. The summed E-state index contributed by atoms with van der Waals surface area (Å²) in [5.74, 6) is -1.07. The van der Waals surface area contributed by atoms with E-state index < -0.39 is 17.3 Å². The van der Waals surface area contributed by atoms with Crippen molar-refractivity contribution < 1.29 is 14.0 Å². The van der Waals surface area contributed by atoms with Crippen molar-refractivity contribution in [1.29, 1.82) is 0 Å². The average Bonchev–Trinajstić information content (AvgIpc) is 3.11. The number of aromatic nitrogens is 1. The number of halogens is 1. The van der Waals surface area contributed by atoms with E-state index in [9.17, 15) is 14.0 Å². The summed E-state index contributed by atoms with van der Waals surface area (Å²) in [5.41, 5.74) is 0.207. The molecular weight excluding hydrogens is 345 g/mol. The van der Waals surface area contributed by atoms with Crippen LogP contribution in [0.1, 0.15) is 41.6 Å². The third kappa shape index (κ3) is 3.09. The fourth-order valence-corrected chi connectivity index (χ4v) is 4.37. The summed E-state index contributed by atoms with van der Waals surface area (Å²) in [6.45, 7) is 1.69. The molecule has 2 aliphatic rings. The molecule has 140 valence electrons. The number of hydrogen-bond donors (Lipinski definition) is 0. The van der Waals surface area contributed by atoms with Crippen molar-refractivity contribution in [2.24, 2.45) is 0 Å². The second kappa shape index (κ2) is 7.10. The van der Waals surface area contributed by atoms with Crippen LogP contribution in [-0.2, 0) is 11.3 Å². The molecule has 1 unspecified atom stereocenters. The summed E-state index contributed by atoms with van der Waals surface area (Å²) in [5, 5.41) is 0. The molecule has 6 heteroatoms. The Bertz CT molecular complexity index is 858. The molecule has 27 heavy (non-hydrogen) atoms. The molecule has 2 saturated heterocycles. The number of benzene rings is 1. The zero-order valence-electron chi connectivity index (χ0n) is 15.1. The first-order chi connectivity index (χ1) is 13.1. The van der Waals surface area contributed by atoms with E-state index in [1.165, 1.54) is 12.3 Å². The number of piperidine rings is 1. The Morgan fingerprint density at radius 3 is 2.59 bits per heavy atom. The minimum absolute atomic E-state index is 0.0146. The predicted octanol–water partition coefficient (Wildman–Crippen LogP) is 3.02. The number of amides is 2. The molecule has 4 rings (SSSR count).